The molecule has 1 saturated heterocycles. The van der Waals surface area contributed by atoms with Gasteiger partial charge in [0.05, 0.1) is 11.9 Å². The first kappa shape index (κ1) is 11.2. The Labute approximate surface area is 120 Å². The van der Waals surface area contributed by atoms with Crippen LogP contribution in [0.25, 0.3) is 0 Å². The second kappa shape index (κ2) is 3.80. The predicted octanol–water partition coefficient (Wildman–Crippen LogP) is 2.96. The highest BCUT2D eigenvalue weighted by molar-refractivity contribution is 7.81. The Morgan fingerprint density at radius 1 is 0.850 bits per heavy atom. The highest BCUT2D eigenvalue weighted by Gasteiger charge is 2.55. The van der Waals surface area contributed by atoms with Crippen molar-refractivity contribution in [3.05, 3.63) is 70.8 Å². The summed E-state index contributed by atoms with van der Waals surface area (Å²) in [6.45, 7) is 0.626. The monoisotopic (exact) mass is 282 g/mol. The SMILES string of the molecule is O=S1OC[C@@H]2C3c4ccccc4C(c4ccccc43)[C@@H]21. The summed E-state index contributed by atoms with van der Waals surface area (Å²) in [6.07, 6.45) is 0. The number of benzene rings is 2. The van der Waals surface area contributed by atoms with Crippen molar-refractivity contribution in [2.24, 2.45) is 5.92 Å². The van der Waals surface area contributed by atoms with Crippen LogP contribution in [0.5, 0.6) is 0 Å². The van der Waals surface area contributed by atoms with E-state index in [9.17, 15) is 4.21 Å². The van der Waals surface area contributed by atoms with E-state index >= 15 is 0 Å². The summed E-state index contributed by atoms with van der Waals surface area (Å²) in [7, 11) is 0. The molecule has 2 aromatic carbocycles. The molecule has 20 heavy (non-hydrogen) atoms. The molecule has 6 rings (SSSR count). The van der Waals surface area contributed by atoms with Crippen LogP contribution < -0.4 is 0 Å². The quantitative estimate of drug-likeness (QED) is 0.742. The van der Waals surface area contributed by atoms with Gasteiger partial charge in [-0.3, -0.25) is 4.18 Å². The smallest absolute Gasteiger partial charge is 0.160 e. The molecule has 2 nitrogen and oxygen atoms in total. The van der Waals surface area contributed by atoms with Gasteiger partial charge in [0.25, 0.3) is 0 Å². The lowest BCUT2D eigenvalue weighted by Crippen LogP contribution is -2.42. The molecule has 0 spiro atoms. The normalized spacial score (nSPS) is 36.3. The molecular weight excluding hydrogens is 268 g/mol. The molecular formula is C17H14O2S. The summed E-state index contributed by atoms with van der Waals surface area (Å²) in [5, 5.41) is 0.129. The first-order valence-electron chi connectivity index (χ1n) is 7.08. The Bertz CT molecular complexity index is 692. The fourth-order valence-electron chi connectivity index (χ4n) is 4.41. The fourth-order valence-corrected chi connectivity index (χ4v) is 5.90. The van der Waals surface area contributed by atoms with Gasteiger partial charge in [-0.05, 0) is 22.3 Å². The molecule has 100 valence electrons. The molecule has 4 aliphatic rings. The van der Waals surface area contributed by atoms with Crippen molar-refractivity contribution < 1.29 is 8.39 Å². The summed E-state index contributed by atoms with van der Waals surface area (Å²) >= 11 is -1.15. The average Bonchev–Trinajstić information content (AvgIpc) is 2.90. The zero-order valence-electron chi connectivity index (χ0n) is 10.9. The minimum absolute atomic E-state index is 0.129. The number of hydrogen-bond acceptors (Lipinski definition) is 2. The van der Waals surface area contributed by atoms with Crippen LogP contribution in [0.15, 0.2) is 48.5 Å². The Hall–Kier alpha value is -1.45. The standard InChI is InChI=1S/C17H14O2S/c18-20-17-14(9-19-20)15-10-5-1-3-7-12(10)16(17)13-8-4-2-6-11(13)15/h1-8,14-17H,9H2/t14-,15?,16?,17-,20?/m1/s1. The average molecular weight is 282 g/mol. The van der Waals surface area contributed by atoms with Crippen LogP contribution in [0.3, 0.4) is 0 Å². The van der Waals surface area contributed by atoms with Crippen LogP contribution in [0.1, 0.15) is 34.1 Å². The van der Waals surface area contributed by atoms with Crippen molar-refractivity contribution >= 4 is 11.1 Å². The van der Waals surface area contributed by atoms with E-state index in [0.717, 1.165) is 0 Å². The summed E-state index contributed by atoms with van der Waals surface area (Å²) in [5.41, 5.74) is 5.55. The predicted molar refractivity (Wildman–Crippen MR) is 77.9 cm³/mol. The summed E-state index contributed by atoms with van der Waals surface area (Å²) in [6, 6.07) is 17.3. The van der Waals surface area contributed by atoms with Crippen LogP contribution in [0.4, 0.5) is 0 Å². The second-order valence-corrected chi connectivity index (χ2v) is 7.19. The van der Waals surface area contributed by atoms with Gasteiger partial charge < -0.3 is 0 Å². The van der Waals surface area contributed by atoms with E-state index in [4.69, 9.17) is 4.18 Å². The molecule has 2 aromatic rings. The molecule has 3 atom stereocenters. The molecule has 0 amide bonds. The second-order valence-electron chi connectivity index (χ2n) is 5.89. The van der Waals surface area contributed by atoms with E-state index in [1.807, 2.05) is 0 Å². The van der Waals surface area contributed by atoms with Crippen molar-refractivity contribution in [1.29, 1.82) is 0 Å². The molecule has 1 aliphatic heterocycles. The van der Waals surface area contributed by atoms with Crippen molar-refractivity contribution in [1.82, 2.24) is 0 Å². The van der Waals surface area contributed by atoms with Gasteiger partial charge in [-0.15, -0.1) is 0 Å². The van der Waals surface area contributed by atoms with Crippen molar-refractivity contribution in [3.8, 4) is 0 Å². The largest absolute Gasteiger partial charge is 0.290 e. The highest BCUT2D eigenvalue weighted by atomic mass is 32.2. The Morgan fingerprint density at radius 2 is 1.35 bits per heavy atom. The lowest BCUT2D eigenvalue weighted by molar-refractivity contribution is 0.280. The lowest BCUT2D eigenvalue weighted by Gasteiger charge is -2.46. The van der Waals surface area contributed by atoms with Crippen molar-refractivity contribution in [2.75, 3.05) is 6.61 Å². The third-order valence-electron chi connectivity index (χ3n) is 5.11. The van der Waals surface area contributed by atoms with Crippen molar-refractivity contribution in [2.45, 2.75) is 17.1 Å². The van der Waals surface area contributed by atoms with Crippen LogP contribution in [-0.2, 0) is 15.3 Å². The van der Waals surface area contributed by atoms with E-state index in [-0.39, 0.29) is 11.2 Å². The first-order valence-corrected chi connectivity index (χ1v) is 8.21. The zero-order valence-corrected chi connectivity index (χ0v) is 11.7. The Balaban J connectivity index is 1.86. The molecule has 0 radical (unpaired) electrons. The highest BCUT2D eigenvalue weighted by Crippen LogP contribution is 2.58. The van der Waals surface area contributed by atoms with Crippen LogP contribution in [0.2, 0.25) is 0 Å². The van der Waals surface area contributed by atoms with Gasteiger partial charge in [-0.2, -0.15) is 0 Å². The van der Waals surface area contributed by atoms with Crippen molar-refractivity contribution in [3.63, 3.8) is 0 Å². The van der Waals surface area contributed by atoms with E-state index < -0.39 is 11.1 Å². The molecule has 1 fully saturated rings. The molecule has 0 N–H and O–H groups in total. The summed E-state index contributed by atoms with van der Waals surface area (Å²) in [4.78, 5) is 0. The zero-order chi connectivity index (χ0) is 13.3. The molecule has 1 heterocycles. The Kier molecular flexibility index (Phi) is 2.14. The van der Waals surface area contributed by atoms with Gasteiger partial charge in [0.15, 0.2) is 11.1 Å². The third-order valence-corrected chi connectivity index (χ3v) is 6.54. The van der Waals surface area contributed by atoms with Gasteiger partial charge in [-0.1, -0.05) is 48.5 Å². The Morgan fingerprint density at radius 3 is 1.90 bits per heavy atom. The number of hydrogen-bond donors (Lipinski definition) is 0. The molecule has 1 unspecified atom stereocenters. The molecule has 3 aliphatic carbocycles. The maximum absolute atomic E-state index is 12.3. The van der Waals surface area contributed by atoms with Crippen LogP contribution in [-0.4, -0.2) is 16.1 Å². The fraction of sp³-hybridized carbons (Fsp3) is 0.294. The van der Waals surface area contributed by atoms with Crippen LogP contribution >= 0.6 is 0 Å². The van der Waals surface area contributed by atoms with Gasteiger partial charge in [0.1, 0.15) is 0 Å². The van der Waals surface area contributed by atoms with E-state index in [0.29, 0.717) is 18.4 Å². The minimum Gasteiger partial charge on any atom is -0.290 e. The van der Waals surface area contributed by atoms with Gasteiger partial charge in [0, 0.05) is 17.8 Å². The minimum atomic E-state index is -1.15. The van der Waals surface area contributed by atoms with Gasteiger partial charge in [0.2, 0.25) is 0 Å². The van der Waals surface area contributed by atoms with Gasteiger partial charge in [-0.25, -0.2) is 4.21 Å². The summed E-state index contributed by atoms with van der Waals surface area (Å²) in [5.74, 6) is 0.954. The van der Waals surface area contributed by atoms with E-state index in [1.54, 1.807) is 0 Å². The van der Waals surface area contributed by atoms with E-state index in [1.165, 1.54) is 22.3 Å². The molecule has 0 saturated carbocycles. The van der Waals surface area contributed by atoms with E-state index in [2.05, 4.69) is 48.5 Å². The molecule has 3 heteroatoms. The maximum atomic E-state index is 12.3. The maximum Gasteiger partial charge on any atom is 0.160 e. The molecule has 0 aromatic heterocycles. The van der Waals surface area contributed by atoms with Gasteiger partial charge >= 0.3 is 0 Å². The van der Waals surface area contributed by atoms with Crippen LogP contribution in [0, 0.1) is 5.92 Å². The number of rotatable bonds is 0. The summed E-state index contributed by atoms with van der Waals surface area (Å²) < 4.78 is 17.8. The molecule has 2 bridgehead atoms. The first-order chi connectivity index (χ1) is 9.86. The topological polar surface area (TPSA) is 26.3 Å². The third kappa shape index (κ3) is 1.21. The lowest BCUT2D eigenvalue weighted by atomic mass is 9.59.